The summed E-state index contributed by atoms with van der Waals surface area (Å²) < 4.78 is 43.6. The van der Waals surface area contributed by atoms with E-state index in [1.54, 1.807) is 7.11 Å². The summed E-state index contributed by atoms with van der Waals surface area (Å²) in [6, 6.07) is 7.62. The predicted molar refractivity (Wildman–Crippen MR) is 151 cm³/mol. The van der Waals surface area contributed by atoms with Crippen LogP contribution >= 0.6 is 0 Å². The van der Waals surface area contributed by atoms with E-state index in [0.717, 1.165) is 11.3 Å². The van der Waals surface area contributed by atoms with Crippen LogP contribution in [0, 0.1) is 0 Å². The monoisotopic (exact) mass is 568 g/mol. The van der Waals surface area contributed by atoms with E-state index < -0.39 is 59.4 Å². The first-order valence-corrected chi connectivity index (χ1v) is 19.2. The van der Waals surface area contributed by atoms with E-state index in [9.17, 15) is 4.79 Å². The summed E-state index contributed by atoms with van der Waals surface area (Å²) in [5.41, 5.74) is 0.868. The Morgan fingerprint density at radius 1 is 0.842 bits per heavy atom. The number of fused-ring (bicyclic) bond motifs is 1. The predicted octanol–water partition coefficient (Wildman–Crippen LogP) is 5.83. The Morgan fingerprint density at radius 2 is 1.37 bits per heavy atom. The minimum absolute atomic E-state index is 0.0658. The van der Waals surface area contributed by atoms with Crippen LogP contribution in [-0.4, -0.2) is 74.0 Å². The molecule has 2 heterocycles. The molecule has 1 aromatic carbocycles. The Morgan fingerprint density at radius 3 is 1.84 bits per heavy atom. The molecule has 0 aromatic heterocycles. The molecule has 6 atom stereocenters. The van der Waals surface area contributed by atoms with Crippen LogP contribution in [0.1, 0.15) is 53.4 Å². The van der Waals surface area contributed by atoms with E-state index in [-0.39, 0.29) is 16.7 Å². The Balaban J connectivity index is 2.05. The summed E-state index contributed by atoms with van der Waals surface area (Å²) in [4.78, 5) is 13.1. The van der Waals surface area contributed by atoms with Gasteiger partial charge in [0.2, 0.25) is 0 Å². The highest BCUT2D eigenvalue weighted by Gasteiger charge is 2.58. The molecule has 0 amide bonds. The number of hydrogen-bond acceptors (Lipinski definition) is 8. The lowest BCUT2D eigenvalue weighted by Crippen LogP contribution is -2.68. The third-order valence-corrected chi connectivity index (χ3v) is 17.6. The SMILES string of the molecule is COC(=O)[C@@H]1O[C@@H]2CO[C@@H](c3ccc(OC)cc3)O[C@@H]2[C@H](O[Si](C)(C)C(C)(C)C)[C@H]1O[Si](C)(C)C(C)(C)C. The molecule has 38 heavy (non-hydrogen) atoms. The van der Waals surface area contributed by atoms with Crippen molar-refractivity contribution < 1.29 is 37.3 Å². The van der Waals surface area contributed by atoms with E-state index in [4.69, 9.17) is 32.5 Å². The average Bonchev–Trinajstić information content (AvgIpc) is 2.83. The molecule has 8 nitrogen and oxygen atoms in total. The summed E-state index contributed by atoms with van der Waals surface area (Å²) in [6.07, 6.45) is -3.80. The van der Waals surface area contributed by atoms with Gasteiger partial charge in [0.15, 0.2) is 29.0 Å². The van der Waals surface area contributed by atoms with E-state index >= 15 is 0 Å². The van der Waals surface area contributed by atoms with Crippen molar-refractivity contribution in [1.29, 1.82) is 0 Å². The van der Waals surface area contributed by atoms with Gasteiger partial charge in [0.05, 0.1) is 20.8 Å². The first-order chi connectivity index (χ1) is 17.4. The first-order valence-electron chi connectivity index (χ1n) is 13.4. The van der Waals surface area contributed by atoms with Crippen molar-refractivity contribution in [2.75, 3.05) is 20.8 Å². The van der Waals surface area contributed by atoms with Crippen molar-refractivity contribution in [3.63, 3.8) is 0 Å². The van der Waals surface area contributed by atoms with Crippen LogP contribution in [0.3, 0.4) is 0 Å². The zero-order valence-corrected chi connectivity index (χ0v) is 27.2. The third-order valence-electron chi connectivity index (χ3n) is 8.62. The van der Waals surface area contributed by atoms with Gasteiger partial charge in [-0.1, -0.05) is 53.7 Å². The maximum absolute atomic E-state index is 13.1. The Bertz CT molecular complexity index is 951. The summed E-state index contributed by atoms with van der Waals surface area (Å²) >= 11 is 0. The standard InChI is InChI=1S/C28H48O8Si2/c1-27(2,3)37(9,10)35-22-21-20(17-32-26(34-21)18-13-15-19(30-7)16-14-18)33-24(25(29)31-8)23(22)36-38(11,12)28(4,5)6/h13-16,20-24,26H,17H2,1-12H3/t20-,21+,22+,23-,24-,26-/m1/s1. The molecule has 0 bridgehead atoms. The smallest absolute Gasteiger partial charge is 0.337 e. The molecule has 0 N–H and O–H groups in total. The molecule has 2 saturated heterocycles. The van der Waals surface area contributed by atoms with Crippen LogP contribution in [0.5, 0.6) is 5.75 Å². The number of rotatable bonds is 7. The molecule has 1 aromatic rings. The Labute approximate surface area is 230 Å². The van der Waals surface area contributed by atoms with Gasteiger partial charge in [0, 0.05) is 5.56 Å². The van der Waals surface area contributed by atoms with Crippen molar-refractivity contribution in [3.8, 4) is 5.75 Å². The van der Waals surface area contributed by atoms with Gasteiger partial charge < -0.3 is 32.5 Å². The van der Waals surface area contributed by atoms with Crippen molar-refractivity contribution in [1.82, 2.24) is 0 Å². The fourth-order valence-corrected chi connectivity index (χ4v) is 6.71. The van der Waals surface area contributed by atoms with Crippen LogP contribution in [0.15, 0.2) is 24.3 Å². The number of hydrogen-bond donors (Lipinski definition) is 0. The molecular weight excluding hydrogens is 520 g/mol. The number of carbonyl (C=O) groups is 1. The van der Waals surface area contributed by atoms with E-state index in [1.807, 2.05) is 24.3 Å². The van der Waals surface area contributed by atoms with E-state index in [2.05, 4.69) is 67.7 Å². The van der Waals surface area contributed by atoms with Crippen molar-refractivity contribution >= 4 is 22.6 Å². The minimum Gasteiger partial charge on any atom is -0.497 e. The van der Waals surface area contributed by atoms with Crippen molar-refractivity contribution in [2.24, 2.45) is 0 Å². The number of esters is 1. The molecule has 0 unspecified atom stereocenters. The average molecular weight is 569 g/mol. The molecule has 2 aliphatic rings. The van der Waals surface area contributed by atoms with Gasteiger partial charge >= 0.3 is 5.97 Å². The van der Waals surface area contributed by atoms with Gasteiger partial charge in [-0.05, 0) is 48.4 Å². The third kappa shape index (κ3) is 6.54. The van der Waals surface area contributed by atoms with Gasteiger partial charge in [-0.25, -0.2) is 4.79 Å². The minimum atomic E-state index is -2.36. The van der Waals surface area contributed by atoms with Gasteiger partial charge in [0.25, 0.3) is 0 Å². The summed E-state index contributed by atoms with van der Waals surface area (Å²) in [5, 5.41) is -0.155. The second kappa shape index (κ2) is 11.3. The van der Waals surface area contributed by atoms with Crippen LogP contribution in [0.2, 0.25) is 36.3 Å². The number of methoxy groups -OCH3 is 2. The molecule has 0 radical (unpaired) electrons. The van der Waals surface area contributed by atoms with Crippen molar-refractivity contribution in [2.45, 2.75) is 115 Å². The highest BCUT2D eigenvalue weighted by Crippen LogP contribution is 2.45. The van der Waals surface area contributed by atoms with E-state index in [1.165, 1.54) is 7.11 Å². The van der Waals surface area contributed by atoms with Crippen molar-refractivity contribution in [3.05, 3.63) is 29.8 Å². The molecule has 2 aliphatic heterocycles. The Kier molecular flexibility index (Phi) is 9.30. The van der Waals surface area contributed by atoms with E-state index in [0.29, 0.717) is 0 Å². The maximum Gasteiger partial charge on any atom is 0.337 e. The largest absolute Gasteiger partial charge is 0.497 e. The van der Waals surface area contributed by atoms with Gasteiger partial charge in [-0.15, -0.1) is 0 Å². The molecule has 0 saturated carbocycles. The molecule has 10 heteroatoms. The van der Waals surface area contributed by atoms with Crippen LogP contribution in [-0.2, 0) is 32.6 Å². The quantitative estimate of drug-likeness (QED) is 0.300. The zero-order chi connectivity index (χ0) is 28.7. The lowest BCUT2D eigenvalue weighted by atomic mass is 9.94. The number of carbonyl (C=O) groups excluding carboxylic acids is 1. The first kappa shape index (κ1) is 31.3. The summed E-state index contributed by atoms with van der Waals surface area (Å²) in [5.74, 6) is 0.277. The number of benzene rings is 1. The Hall–Kier alpha value is -1.28. The molecule has 0 spiro atoms. The molecular formula is C28H48O8Si2. The van der Waals surface area contributed by atoms with Gasteiger partial charge in [0.1, 0.15) is 30.2 Å². The lowest BCUT2D eigenvalue weighted by molar-refractivity contribution is -0.322. The molecule has 216 valence electrons. The fraction of sp³-hybridized carbons (Fsp3) is 0.750. The summed E-state index contributed by atoms with van der Waals surface area (Å²) in [6.45, 7) is 22.1. The van der Waals surface area contributed by atoms with Gasteiger partial charge in [-0.2, -0.15) is 0 Å². The highest BCUT2D eigenvalue weighted by molar-refractivity contribution is 6.74. The van der Waals surface area contributed by atoms with Crippen LogP contribution in [0.25, 0.3) is 0 Å². The second-order valence-corrected chi connectivity index (χ2v) is 22.9. The fourth-order valence-electron chi connectivity index (χ4n) is 4.12. The number of ether oxygens (including phenoxy) is 5. The lowest BCUT2D eigenvalue weighted by Gasteiger charge is -2.53. The normalized spacial score (nSPS) is 28.9. The van der Waals surface area contributed by atoms with Crippen LogP contribution in [0.4, 0.5) is 0 Å². The maximum atomic E-state index is 13.1. The molecule has 3 rings (SSSR count). The highest BCUT2D eigenvalue weighted by atomic mass is 28.4. The topological polar surface area (TPSA) is 81.7 Å². The van der Waals surface area contributed by atoms with Crippen LogP contribution < -0.4 is 4.74 Å². The zero-order valence-electron chi connectivity index (χ0n) is 25.2. The van der Waals surface area contributed by atoms with Gasteiger partial charge in [-0.3, -0.25) is 0 Å². The molecule has 0 aliphatic carbocycles. The second-order valence-electron chi connectivity index (χ2n) is 13.3. The summed E-state index contributed by atoms with van der Waals surface area (Å²) in [7, 11) is -1.68. The molecule has 2 fully saturated rings.